The third kappa shape index (κ3) is 2.93. The topological polar surface area (TPSA) is 35.2 Å². The Balaban J connectivity index is 2.92. The van der Waals surface area contributed by atoms with Crippen LogP contribution < -0.4 is 10.5 Å². The second kappa shape index (κ2) is 4.93. The Morgan fingerprint density at radius 2 is 1.85 bits per heavy atom. The Bertz CT molecular complexity index is 283. The first kappa shape index (κ1) is 10.9. The molecule has 0 aliphatic carbocycles. The van der Waals surface area contributed by atoms with E-state index in [9.17, 15) is 4.39 Å². The average Bonchev–Trinajstić information content (AvgIpc) is 2.02. The van der Waals surface area contributed by atoms with Crippen LogP contribution in [0.2, 0.25) is 0 Å². The number of hydrogen-bond acceptors (Lipinski definition) is 2. The van der Waals surface area contributed by atoms with E-state index in [1.165, 1.54) is 12.1 Å². The van der Waals surface area contributed by atoms with Gasteiger partial charge in [-0.05, 0) is 44.0 Å². The molecule has 13 heavy (non-hydrogen) atoms. The molecule has 5 heteroatoms. The van der Waals surface area contributed by atoms with Gasteiger partial charge < -0.3 is 10.5 Å². The van der Waals surface area contributed by atoms with Gasteiger partial charge in [-0.2, -0.15) is 0 Å². The van der Waals surface area contributed by atoms with E-state index >= 15 is 0 Å². The van der Waals surface area contributed by atoms with Gasteiger partial charge in [0.15, 0.2) is 0 Å². The highest BCUT2D eigenvalue weighted by atomic mass is 79.9. The molecule has 0 unspecified atom stereocenters. The molecular formula is C8H8Br2FNO. The predicted molar refractivity (Wildman–Crippen MR) is 56.3 cm³/mol. The van der Waals surface area contributed by atoms with Gasteiger partial charge >= 0.3 is 0 Å². The van der Waals surface area contributed by atoms with Crippen LogP contribution >= 0.6 is 31.9 Å². The van der Waals surface area contributed by atoms with Crippen molar-refractivity contribution in [3.8, 4) is 5.75 Å². The summed E-state index contributed by atoms with van der Waals surface area (Å²) >= 11 is 6.38. The lowest BCUT2D eigenvalue weighted by Crippen LogP contribution is -2.11. The van der Waals surface area contributed by atoms with Gasteiger partial charge in [-0.15, -0.1) is 0 Å². The molecule has 0 spiro atoms. The van der Waals surface area contributed by atoms with Crippen molar-refractivity contribution in [2.75, 3.05) is 13.2 Å². The summed E-state index contributed by atoms with van der Waals surface area (Å²) in [5, 5.41) is 0. The molecule has 72 valence electrons. The summed E-state index contributed by atoms with van der Waals surface area (Å²) in [6.07, 6.45) is 0. The summed E-state index contributed by atoms with van der Waals surface area (Å²) in [6.45, 7) is 0.832. The maximum absolute atomic E-state index is 12.8. The molecule has 0 aliphatic rings. The number of halogens is 3. The van der Waals surface area contributed by atoms with E-state index in [0.717, 1.165) is 0 Å². The maximum Gasteiger partial charge on any atom is 0.147 e. The van der Waals surface area contributed by atoms with Crippen LogP contribution in [0.1, 0.15) is 0 Å². The minimum atomic E-state index is -0.321. The number of nitrogens with two attached hydrogens (primary N) is 1. The van der Waals surface area contributed by atoms with Crippen molar-refractivity contribution >= 4 is 31.9 Å². The van der Waals surface area contributed by atoms with Crippen molar-refractivity contribution in [3.63, 3.8) is 0 Å². The Labute approximate surface area is 92.5 Å². The standard InChI is InChI=1S/C8H8Br2FNO/c9-6-3-5(11)4-7(10)8(6)13-2-1-12/h3-4H,1-2,12H2. The highest BCUT2D eigenvalue weighted by Crippen LogP contribution is 2.34. The average molecular weight is 313 g/mol. The van der Waals surface area contributed by atoms with E-state index in [1.54, 1.807) is 0 Å². The molecule has 1 aromatic rings. The molecule has 1 aromatic carbocycles. The fourth-order valence-electron chi connectivity index (χ4n) is 0.828. The fourth-order valence-corrected chi connectivity index (χ4v) is 2.19. The normalized spacial score (nSPS) is 10.2. The Morgan fingerprint density at radius 1 is 1.31 bits per heavy atom. The monoisotopic (exact) mass is 311 g/mol. The third-order valence-electron chi connectivity index (χ3n) is 1.33. The molecule has 0 amide bonds. The minimum absolute atomic E-state index is 0.321. The van der Waals surface area contributed by atoms with Crippen LogP contribution in [-0.2, 0) is 0 Å². The molecule has 0 aliphatic heterocycles. The molecule has 1 rings (SSSR count). The van der Waals surface area contributed by atoms with E-state index in [4.69, 9.17) is 10.5 Å². The zero-order valence-electron chi connectivity index (χ0n) is 6.69. The number of ether oxygens (including phenoxy) is 1. The van der Waals surface area contributed by atoms with Crippen LogP contribution in [0.3, 0.4) is 0 Å². The van der Waals surface area contributed by atoms with Crippen molar-refractivity contribution in [1.29, 1.82) is 0 Å². The van der Waals surface area contributed by atoms with Crippen molar-refractivity contribution in [2.24, 2.45) is 5.73 Å². The number of benzene rings is 1. The molecule has 0 bridgehead atoms. The van der Waals surface area contributed by atoms with E-state index < -0.39 is 0 Å². The fraction of sp³-hybridized carbons (Fsp3) is 0.250. The lowest BCUT2D eigenvalue weighted by molar-refractivity contribution is 0.323. The van der Waals surface area contributed by atoms with Crippen LogP contribution in [0.15, 0.2) is 21.1 Å². The van der Waals surface area contributed by atoms with E-state index in [-0.39, 0.29) is 5.82 Å². The largest absolute Gasteiger partial charge is 0.490 e. The zero-order chi connectivity index (χ0) is 9.84. The minimum Gasteiger partial charge on any atom is -0.490 e. The highest BCUT2D eigenvalue weighted by Gasteiger charge is 2.08. The van der Waals surface area contributed by atoms with Gasteiger partial charge in [-0.3, -0.25) is 0 Å². The van der Waals surface area contributed by atoms with E-state index in [0.29, 0.717) is 27.8 Å². The predicted octanol–water partition coefficient (Wildman–Crippen LogP) is 2.69. The van der Waals surface area contributed by atoms with Gasteiger partial charge in [0.25, 0.3) is 0 Å². The number of rotatable bonds is 3. The van der Waals surface area contributed by atoms with E-state index in [1.807, 2.05) is 0 Å². The van der Waals surface area contributed by atoms with Gasteiger partial charge in [0.2, 0.25) is 0 Å². The zero-order valence-corrected chi connectivity index (χ0v) is 9.86. The first-order valence-electron chi connectivity index (χ1n) is 3.62. The molecule has 0 heterocycles. The smallest absolute Gasteiger partial charge is 0.147 e. The summed E-state index contributed by atoms with van der Waals surface area (Å²) in [4.78, 5) is 0. The van der Waals surface area contributed by atoms with Gasteiger partial charge in [0.1, 0.15) is 18.2 Å². The second-order valence-electron chi connectivity index (χ2n) is 2.34. The SMILES string of the molecule is NCCOc1c(Br)cc(F)cc1Br. The second-order valence-corrected chi connectivity index (χ2v) is 4.04. The summed E-state index contributed by atoms with van der Waals surface area (Å²) in [6, 6.07) is 2.69. The van der Waals surface area contributed by atoms with Crippen molar-refractivity contribution in [1.82, 2.24) is 0 Å². The van der Waals surface area contributed by atoms with Gasteiger partial charge in [0, 0.05) is 6.54 Å². The Kier molecular flexibility index (Phi) is 4.15. The number of hydrogen-bond donors (Lipinski definition) is 1. The molecular weight excluding hydrogens is 305 g/mol. The highest BCUT2D eigenvalue weighted by molar-refractivity contribution is 9.11. The van der Waals surface area contributed by atoms with Gasteiger partial charge in [-0.25, -0.2) is 4.39 Å². The van der Waals surface area contributed by atoms with Gasteiger partial charge in [0.05, 0.1) is 8.95 Å². The summed E-state index contributed by atoms with van der Waals surface area (Å²) in [5.74, 6) is 0.255. The summed E-state index contributed by atoms with van der Waals surface area (Å²) < 4.78 is 19.2. The summed E-state index contributed by atoms with van der Waals surface area (Å²) in [7, 11) is 0. The summed E-state index contributed by atoms with van der Waals surface area (Å²) in [5.41, 5.74) is 5.28. The van der Waals surface area contributed by atoms with Crippen LogP contribution in [0.4, 0.5) is 4.39 Å². The molecule has 0 saturated carbocycles. The maximum atomic E-state index is 12.8. The Morgan fingerprint density at radius 3 is 2.31 bits per heavy atom. The molecule has 0 fully saturated rings. The molecule has 0 atom stereocenters. The molecule has 2 nitrogen and oxygen atoms in total. The first-order chi connectivity index (χ1) is 6.15. The lowest BCUT2D eigenvalue weighted by Gasteiger charge is -2.08. The van der Waals surface area contributed by atoms with Crippen LogP contribution in [0.25, 0.3) is 0 Å². The molecule has 0 aromatic heterocycles. The van der Waals surface area contributed by atoms with E-state index in [2.05, 4.69) is 31.9 Å². The molecule has 0 saturated heterocycles. The van der Waals surface area contributed by atoms with Crippen LogP contribution in [0.5, 0.6) is 5.75 Å². The van der Waals surface area contributed by atoms with Crippen molar-refractivity contribution in [2.45, 2.75) is 0 Å². The third-order valence-corrected chi connectivity index (χ3v) is 2.51. The van der Waals surface area contributed by atoms with Gasteiger partial charge in [-0.1, -0.05) is 0 Å². The molecule has 2 N–H and O–H groups in total. The molecule has 0 radical (unpaired) electrons. The van der Waals surface area contributed by atoms with Crippen molar-refractivity contribution in [3.05, 3.63) is 26.9 Å². The first-order valence-corrected chi connectivity index (χ1v) is 5.21. The van der Waals surface area contributed by atoms with Crippen LogP contribution in [-0.4, -0.2) is 13.2 Å². The van der Waals surface area contributed by atoms with Crippen molar-refractivity contribution < 1.29 is 9.13 Å². The van der Waals surface area contributed by atoms with Crippen LogP contribution in [0, 0.1) is 5.82 Å². The lowest BCUT2D eigenvalue weighted by atomic mass is 10.3. The quantitative estimate of drug-likeness (QED) is 0.931. The Hall–Kier alpha value is -0.130.